The van der Waals surface area contributed by atoms with Gasteiger partial charge in [0, 0.05) is 6.07 Å². The van der Waals surface area contributed by atoms with Crippen LogP contribution in [0.3, 0.4) is 0 Å². The molecule has 1 heterocycles. The minimum atomic E-state index is -0.579. The summed E-state index contributed by atoms with van der Waals surface area (Å²) >= 11 is 0. The highest BCUT2D eigenvalue weighted by molar-refractivity contribution is 5.52. The smallest absolute Gasteiger partial charge is 0.163 e. The predicted octanol–water partition coefficient (Wildman–Crippen LogP) is 2.47. The Kier molecular flexibility index (Phi) is 2.91. The monoisotopic (exact) mass is 267 g/mol. The highest BCUT2D eigenvalue weighted by atomic mass is 19.1. The van der Waals surface area contributed by atoms with Crippen molar-refractivity contribution >= 4 is 5.69 Å². The third kappa shape index (κ3) is 2.40. The van der Waals surface area contributed by atoms with Crippen LogP contribution >= 0.6 is 0 Å². The standard InChI is InChI=1S/C14H18FNO3/c1-14(2)18-11-6-5-10(13(11)19-14)17-12-7-8(15)3-4-9(12)16/h3-4,7,10-11,13H,5-6,16H2,1-2H3/t10-,11+,13-/m1/s1. The molecule has 104 valence electrons. The average molecular weight is 267 g/mol. The first kappa shape index (κ1) is 12.7. The number of ether oxygens (including phenoxy) is 3. The van der Waals surface area contributed by atoms with Gasteiger partial charge < -0.3 is 19.9 Å². The van der Waals surface area contributed by atoms with Gasteiger partial charge >= 0.3 is 0 Å². The number of nitrogens with two attached hydrogens (primary N) is 1. The van der Waals surface area contributed by atoms with Crippen molar-refractivity contribution in [1.29, 1.82) is 0 Å². The summed E-state index contributed by atoms with van der Waals surface area (Å²) in [6, 6.07) is 4.13. The molecule has 1 saturated heterocycles. The maximum absolute atomic E-state index is 13.2. The van der Waals surface area contributed by atoms with E-state index < -0.39 is 5.79 Å². The average Bonchev–Trinajstić information content (AvgIpc) is 2.80. The molecule has 3 atom stereocenters. The van der Waals surface area contributed by atoms with Gasteiger partial charge in [0.2, 0.25) is 0 Å². The summed E-state index contributed by atoms with van der Waals surface area (Å²) < 4.78 is 30.7. The molecule has 1 aromatic rings. The van der Waals surface area contributed by atoms with Crippen LogP contribution in [0.2, 0.25) is 0 Å². The molecule has 5 heteroatoms. The van der Waals surface area contributed by atoms with Gasteiger partial charge in [0.05, 0.1) is 11.8 Å². The van der Waals surface area contributed by atoms with Gasteiger partial charge in [-0.1, -0.05) is 0 Å². The van der Waals surface area contributed by atoms with Gasteiger partial charge in [0.1, 0.15) is 23.8 Å². The second-order valence-electron chi connectivity index (χ2n) is 5.55. The third-order valence-electron chi connectivity index (χ3n) is 3.58. The van der Waals surface area contributed by atoms with Crippen LogP contribution in [0.4, 0.5) is 10.1 Å². The number of halogens is 1. The van der Waals surface area contributed by atoms with Crippen molar-refractivity contribution in [1.82, 2.24) is 0 Å². The van der Waals surface area contributed by atoms with Crippen molar-refractivity contribution < 1.29 is 18.6 Å². The molecule has 0 unspecified atom stereocenters. The van der Waals surface area contributed by atoms with E-state index in [0.29, 0.717) is 11.4 Å². The summed E-state index contributed by atoms with van der Waals surface area (Å²) in [7, 11) is 0. The zero-order valence-electron chi connectivity index (χ0n) is 11.1. The molecule has 2 aliphatic rings. The van der Waals surface area contributed by atoms with Crippen molar-refractivity contribution in [2.24, 2.45) is 0 Å². The summed E-state index contributed by atoms with van der Waals surface area (Å²) in [5.74, 6) is -0.563. The van der Waals surface area contributed by atoms with Crippen LogP contribution in [0, 0.1) is 5.82 Å². The summed E-state index contributed by atoms with van der Waals surface area (Å²) in [6.07, 6.45) is 1.50. The van der Waals surface area contributed by atoms with E-state index in [1.165, 1.54) is 18.2 Å². The van der Waals surface area contributed by atoms with Crippen LogP contribution in [0.1, 0.15) is 26.7 Å². The number of nitrogen functional groups attached to an aromatic ring is 1. The number of anilines is 1. The Bertz CT molecular complexity index is 492. The summed E-state index contributed by atoms with van der Waals surface area (Å²) in [5.41, 5.74) is 6.23. The molecular formula is C14H18FNO3. The van der Waals surface area contributed by atoms with E-state index in [0.717, 1.165) is 12.8 Å². The third-order valence-corrected chi connectivity index (χ3v) is 3.58. The molecule has 0 amide bonds. The molecule has 0 bridgehead atoms. The second-order valence-corrected chi connectivity index (χ2v) is 5.55. The van der Waals surface area contributed by atoms with Crippen LogP contribution in [0.5, 0.6) is 5.75 Å². The second kappa shape index (κ2) is 4.35. The fourth-order valence-corrected chi connectivity index (χ4v) is 2.79. The van der Waals surface area contributed by atoms with Crippen LogP contribution < -0.4 is 10.5 Å². The topological polar surface area (TPSA) is 53.7 Å². The lowest BCUT2D eigenvalue weighted by molar-refractivity contribution is -0.159. The molecule has 1 aliphatic heterocycles. The Morgan fingerprint density at radius 2 is 2.11 bits per heavy atom. The van der Waals surface area contributed by atoms with E-state index in [-0.39, 0.29) is 24.1 Å². The Balaban J connectivity index is 1.76. The molecule has 2 N–H and O–H groups in total. The number of fused-ring (bicyclic) bond motifs is 1. The number of rotatable bonds is 2. The Morgan fingerprint density at radius 3 is 2.89 bits per heavy atom. The van der Waals surface area contributed by atoms with Gasteiger partial charge in [0.25, 0.3) is 0 Å². The molecule has 19 heavy (non-hydrogen) atoms. The Morgan fingerprint density at radius 1 is 1.32 bits per heavy atom. The molecule has 2 fully saturated rings. The van der Waals surface area contributed by atoms with Crippen LogP contribution in [-0.4, -0.2) is 24.1 Å². The molecule has 0 radical (unpaired) electrons. The highest BCUT2D eigenvalue weighted by Gasteiger charge is 2.50. The molecule has 1 saturated carbocycles. The van der Waals surface area contributed by atoms with Gasteiger partial charge in [-0.05, 0) is 38.8 Å². The normalized spacial score (nSPS) is 32.3. The molecular weight excluding hydrogens is 249 g/mol. The van der Waals surface area contributed by atoms with E-state index in [2.05, 4.69) is 0 Å². The minimum absolute atomic E-state index is 0.0507. The van der Waals surface area contributed by atoms with Crippen molar-refractivity contribution in [2.75, 3.05) is 5.73 Å². The largest absolute Gasteiger partial charge is 0.485 e. The van der Waals surface area contributed by atoms with Crippen LogP contribution in [0.25, 0.3) is 0 Å². The van der Waals surface area contributed by atoms with Crippen LogP contribution in [0.15, 0.2) is 18.2 Å². The first-order chi connectivity index (χ1) is 8.94. The zero-order chi connectivity index (χ0) is 13.6. The number of hydrogen-bond acceptors (Lipinski definition) is 4. The molecule has 0 aromatic heterocycles. The van der Waals surface area contributed by atoms with Gasteiger partial charge in [0.15, 0.2) is 5.79 Å². The fraction of sp³-hybridized carbons (Fsp3) is 0.571. The summed E-state index contributed by atoms with van der Waals surface area (Å²) in [4.78, 5) is 0. The van der Waals surface area contributed by atoms with Gasteiger partial charge in [-0.15, -0.1) is 0 Å². The van der Waals surface area contributed by atoms with Crippen molar-refractivity contribution in [3.8, 4) is 5.75 Å². The highest BCUT2D eigenvalue weighted by Crippen LogP contribution is 2.40. The van der Waals surface area contributed by atoms with E-state index in [1.807, 2.05) is 13.8 Å². The minimum Gasteiger partial charge on any atom is -0.485 e. The van der Waals surface area contributed by atoms with E-state index in [9.17, 15) is 4.39 Å². The Hall–Kier alpha value is -1.33. The molecule has 3 rings (SSSR count). The Labute approximate surface area is 111 Å². The maximum atomic E-state index is 13.2. The summed E-state index contributed by atoms with van der Waals surface area (Å²) in [6.45, 7) is 3.78. The van der Waals surface area contributed by atoms with Crippen molar-refractivity contribution in [3.05, 3.63) is 24.0 Å². The first-order valence-corrected chi connectivity index (χ1v) is 6.52. The first-order valence-electron chi connectivity index (χ1n) is 6.52. The van der Waals surface area contributed by atoms with Gasteiger partial charge in [-0.25, -0.2) is 4.39 Å². The number of benzene rings is 1. The molecule has 1 aromatic carbocycles. The maximum Gasteiger partial charge on any atom is 0.163 e. The van der Waals surface area contributed by atoms with E-state index >= 15 is 0 Å². The molecule has 0 spiro atoms. The quantitative estimate of drug-likeness (QED) is 0.836. The van der Waals surface area contributed by atoms with Crippen molar-refractivity contribution in [2.45, 2.75) is 50.8 Å². The SMILES string of the molecule is CC1(C)O[C@H]2[C@H](CC[C@H]2Oc2cc(F)ccc2N)O1. The van der Waals surface area contributed by atoms with Gasteiger partial charge in [-0.3, -0.25) is 0 Å². The zero-order valence-corrected chi connectivity index (χ0v) is 11.1. The van der Waals surface area contributed by atoms with Gasteiger partial charge in [-0.2, -0.15) is 0 Å². The predicted molar refractivity (Wildman–Crippen MR) is 68.3 cm³/mol. The fourth-order valence-electron chi connectivity index (χ4n) is 2.79. The number of hydrogen-bond donors (Lipinski definition) is 1. The van der Waals surface area contributed by atoms with Crippen LogP contribution in [-0.2, 0) is 9.47 Å². The van der Waals surface area contributed by atoms with E-state index in [4.69, 9.17) is 19.9 Å². The molecule has 4 nitrogen and oxygen atoms in total. The lowest BCUT2D eigenvalue weighted by Gasteiger charge is -2.23. The van der Waals surface area contributed by atoms with E-state index in [1.54, 1.807) is 0 Å². The van der Waals surface area contributed by atoms with Crippen molar-refractivity contribution in [3.63, 3.8) is 0 Å². The lowest BCUT2D eigenvalue weighted by atomic mass is 10.2. The summed E-state index contributed by atoms with van der Waals surface area (Å²) in [5, 5.41) is 0. The molecule has 1 aliphatic carbocycles. The lowest BCUT2D eigenvalue weighted by Crippen LogP contribution is -2.33.